The number of nitriles is 1. The van der Waals surface area contributed by atoms with Crippen LogP contribution in [-0.2, 0) is 4.79 Å². The monoisotopic (exact) mass is 344 g/mol. The molecule has 0 aliphatic heterocycles. The fraction of sp³-hybridized carbons (Fsp3) is 0.154. The Labute approximate surface area is 133 Å². The van der Waals surface area contributed by atoms with Crippen LogP contribution in [0, 0.1) is 11.3 Å². The van der Waals surface area contributed by atoms with Crippen LogP contribution in [0.2, 0.25) is 5.02 Å². The van der Waals surface area contributed by atoms with Crippen molar-refractivity contribution in [3.8, 4) is 17.5 Å². The molecule has 0 aliphatic carbocycles. The first-order chi connectivity index (χ1) is 10.7. The van der Waals surface area contributed by atoms with E-state index in [1.807, 2.05) is 0 Å². The van der Waals surface area contributed by atoms with Gasteiger partial charge in [-0.15, -0.1) is 13.2 Å². The quantitative estimate of drug-likeness (QED) is 0.926. The fourth-order valence-electron chi connectivity index (χ4n) is 1.72. The van der Waals surface area contributed by atoms with Gasteiger partial charge in [-0.25, -0.2) is 4.68 Å². The zero-order valence-electron chi connectivity index (χ0n) is 11.5. The van der Waals surface area contributed by atoms with Gasteiger partial charge >= 0.3 is 6.36 Å². The van der Waals surface area contributed by atoms with E-state index in [4.69, 9.17) is 16.9 Å². The zero-order chi connectivity index (χ0) is 17.2. The highest BCUT2D eigenvalue weighted by Crippen LogP contribution is 2.30. The van der Waals surface area contributed by atoms with E-state index < -0.39 is 18.0 Å². The lowest BCUT2D eigenvalue weighted by Gasteiger charge is -2.11. The minimum atomic E-state index is -4.80. The number of halogens is 4. The van der Waals surface area contributed by atoms with Crippen molar-refractivity contribution < 1.29 is 22.7 Å². The number of nitrogens with zero attached hydrogens (tertiary/aromatic N) is 3. The number of nitrogens with one attached hydrogen (secondary N) is 1. The summed E-state index contributed by atoms with van der Waals surface area (Å²) in [5.41, 5.74) is 0.151. The summed E-state index contributed by atoms with van der Waals surface area (Å²) in [5.74, 6) is -0.823. The molecule has 0 atom stereocenters. The van der Waals surface area contributed by atoms with Gasteiger partial charge in [-0.05, 0) is 24.3 Å². The first kappa shape index (κ1) is 16.6. The standard InChI is InChI=1S/C13H8ClF3N4O2/c1-7(22)19-12-11(14)10(6-18)20-21(12)8-2-4-9(5-3-8)23-13(15,16)17/h2-5H,1H3,(H,19,22). The molecule has 0 fully saturated rings. The summed E-state index contributed by atoms with van der Waals surface area (Å²) < 4.78 is 41.3. The second kappa shape index (κ2) is 6.18. The molecule has 0 saturated heterocycles. The molecule has 2 aromatic rings. The Morgan fingerprint density at radius 2 is 2.00 bits per heavy atom. The summed E-state index contributed by atoms with van der Waals surface area (Å²) in [6, 6.07) is 6.45. The van der Waals surface area contributed by atoms with E-state index in [-0.39, 0.29) is 22.2 Å². The van der Waals surface area contributed by atoms with Crippen LogP contribution in [0.5, 0.6) is 5.75 Å². The first-order valence-electron chi connectivity index (χ1n) is 6.03. The first-order valence-corrected chi connectivity index (χ1v) is 6.41. The molecule has 0 saturated carbocycles. The summed E-state index contributed by atoms with van der Waals surface area (Å²) in [6.45, 7) is 1.24. The van der Waals surface area contributed by atoms with Crippen molar-refractivity contribution >= 4 is 23.3 Å². The molecule has 6 nitrogen and oxygen atoms in total. The summed E-state index contributed by atoms with van der Waals surface area (Å²) in [4.78, 5) is 11.2. The topological polar surface area (TPSA) is 79.9 Å². The van der Waals surface area contributed by atoms with Crippen molar-refractivity contribution in [2.75, 3.05) is 5.32 Å². The van der Waals surface area contributed by atoms with Crippen LogP contribution in [0.3, 0.4) is 0 Å². The van der Waals surface area contributed by atoms with Gasteiger partial charge < -0.3 is 10.1 Å². The van der Waals surface area contributed by atoms with Gasteiger partial charge in [0.15, 0.2) is 11.5 Å². The number of anilines is 1. The molecule has 1 amide bonds. The maximum absolute atomic E-state index is 12.1. The molecule has 0 spiro atoms. The van der Waals surface area contributed by atoms with Crippen molar-refractivity contribution in [3.05, 3.63) is 35.0 Å². The van der Waals surface area contributed by atoms with Crippen molar-refractivity contribution in [2.24, 2.45) is 0 Å². The summed E-state index contributed by atoms with van der Waals surface area (Å²) in [7, 11) is 0. The van der Waals surface area contributed by atoms with Gasteiger partial charge in [0.05, 0.1) is 5.69 Å². The van der Waals surface area contributed by atoms with Gasteiger partial charge in [-0.1, -0.05) is 11.6 Å². The molecule has 1 N–H and O–H groups in total. The van der Waals surface area contributed by atoms with Gasteiger partial charge in [0.2, 0.25) is 5.91 Å². The lowest BCUT2D eigenvalue weighted by atomic mass is 10.3. The molecule has 0 bridgehead atoms. The summed E-state index contributed by atoms with van der Waals surface area (Å²) >= 11 is 5.95. The molecule has 2 rings (SSSR count). The van der Waals surface area contributed by atoms with Crippen molar-refractivity contribution in [3.63, 3.8) is 0 Å². The maximum atomic E-state index is 12.1. The number of aromatic nitrogens is 2. The molecule has 1 aromatic heterocycles. The second-order valence-electron chi connectivity index (χ2n) is 4.26. The molecule has 0 unspecified atom stereocenters. The van der Waals surface area contributed by atoms with Gasteiger partial charge in [-0.3, -0.25) is 4.79 Å². The molecule has 120 valence electrons. The average molecular weight is 345 g/mol. The third kappa shape index (κ3) is 3.92. The Morgan fingerprint density at radius 3 is 2.48 bits per heavy atom. The minimum Gasteiger partial charge on any atom is -0.406 e. The number of benzene rings is 1. The van der Waals surface area contributed by atoms with Gasteiger partial charge in [0.1, 0.15) is 16.8 Å². The third-order valence-electron chi connectivity index (χ3n) is 2.54. The lowest BCUT2D eigenvalue weighted by Crippen LogP contribution is -2.17. The van der Waals surface area contributed by atoms with Crippen molar-refractivity contribution in [1.82, 2.24) is 9.78 Å². The molecular formula is C13H8ClF3N4O2. The van der Waals surface area contributed by atoms with Crippen LogP contribution < -0.4 is 10.1 Å². The fourth-order valence-corrected chi connectivity index (χ4v) is 1.93. The Morgan fingerprint density at radius 1 is 1.39 bits per heavy atom. The van der Waals surface area contributed by atoms with E-state index >= 15 is 0 Å². The Kier molecular flexibility index (Phi) is 4.47. The van der Waals surface area contributed by atoms with Crippen LogP contribution in [0.4, 0.5) is 19.0 Å². The average Bonchev–Trinajstić information content (AvgIpc) is 2.74. The van der Waals surface area contributed by atoms with Crippen LogP contribution in [0.25, 0.3) is 5.69 Å². The van der Waals surface area contributed by atoms with Crippen LogP contribution in [0.15, 0.2) is 24.3 Å². The number of hydrogen-bond donors (Lipinski definition) is 1. The zero-order valence-corrected chi connectivity index (χ0v) is 12.2. The van der Waals surface area contributed by atoms with Crippen LogP contribution in [-0.4, -0.2) is 22.1 Å². The predicted octanol–water partition coefficient (Wildman–Crippen LogP) is 3.25. The number of ether oxygens (including phenoxy) is 1. The van der Waals surface area contributed by atoms with E-state index in [2.05, 4.69) is 15.2 Å². The third-order valence-corrected chi connectivity index (χ3v) is 2.90. The van der Waals surface area contributed by atoms with Gasteiger partial charge in [0, 0.05) is 6.92 Å². The maximum Gasteiger partial charge on any atom is 0.573 e. The highest BCUT2D eigenvalue weighted by Gasteiger charge is 2.31. The van der Waals surface area contributed by atoms with Crippen molar-refractivity contribution in [2.45, 2.75) is 13.3 Å². The summed E-state index contributed by atoms with van der Waals surface area (Å²) in [6.07, 6.45) is -4.80. The summed E-state index contributed by atoms with van der Waals surface area (Å²) in [5, 5.41) is 15.2. The normalized spacial score (nSPS) is 11.0. The Hall–Kier alpha value is -2.73. The van der Waals surface area contributed by atoms with Gasteiger partial charge in [0.25, 0.3) is 0 Å². The molecule has 0 aliphatic rings. The molecule has 10 heteroatoms. The van der Waals surface area contributed by atoms with Crippen LogP contribution >= 0.6 is 11.6 Å². The number of amides is 1. The van der Waals surface area contributed by atoms with E-state index in [0.717, 1.165) is 16.8 Å². The molecule has 0 radical (unpaired) electrons. The Bertz CT molecular complexity index is 778. The number of hydrogen-bond acceptors (Lipinski definition) is 4. The number of rotatable bonds is 3. The van der Waals surface area contributed by atoms with E-state index in [1.54, 1.807) is 6.07 Å². The Balaban J connectivity index is 2.42. The molecule has 23 heavy (non-hydrogen) atoms. The number of carbonyl (C=O) groups is 1. The van der Waals surface area contributed by atoms with E-state index in [0.29, 0.717) is 0 Å². The number of alkyl halides is 3. The minimum absolute atomic E-state index is 0.0419. The molecule has 1 heterocycles. The number of carbonyl (C=O) groups excluding carboxylic acids is 1. The largest absolute Gasteiger partial charge is 0.573 e. The lowest BCUT2D eigenvalue weighted by molar-refractivity contribution is -0.274. The van der Waals surface area contributed by atoms with E-state index in [9.17, 15) is 18.0 Å². The highest BCUT2D eigenvalue weighted by atomic mass is 35.5. The van der Waals surface area contributed by atoms with Gasteiger partial charge in [-0.2, -0.15) is 10.4 Å². The van der Waals surface area contributed by atoms with Crippen LogP contribution in [0.1, 0.15) is 12.6 Å². The second-order valence-corrected chi connectivity index (χ2v) is 4.64. The van der Waals surface area contributed by atoms with Crippen molar-refractivity contribution in [1.29, 1.82) is 5.26 Å². The predicted molar refractivity (Wildman–Crippen MR) is 74.3 cm³/mol. The molecular weight excluding hydrogens is 337 g/mol. The molecule has 1 aromatic carbocycles. The SMILES string of the molecule is CC(=O)Nc1c(Cl)c(C#N)nn1-c1ccc(OC(F)(F)F)cc1. The van der Waals surface area contributed by atoms with E-state index in [1.165, 1.54) is 19.1 Å². The highest BCUT2D eigenvalue weighted by molar-refractivity contribution is 6.34. The smallest absolute Gasteiger partial charge is 0.406 e.